The molecule has 2 rings (SSSR count). The molecule has 0 radical (unpaired) electrons. The molecule has 0 bridgehead atoms. The zero-order valence-electron chi connectivity index (χ0n) is 11.0. The molecule has 0 amide bonds. The second-order valence-corrected chi connectivity index (χ2v) is 5.80. The van der Waals surface area contributed by atoms with Crippen molar-refractivity contribution >= 4 is 32.8 Å². The lowest BCUT2D eigenvalue weighted by molar-refractivity contribution is 0.0694. The molecule has 4 heteroatoms. The van der Waals surface area contributed by atoms with Crippen LogP contribution in [0.3, 0.4) is 0 Å². The molecule has 1 aromatic carbocycles. The van der Waals surface area contributed by atoms with Gasteiger partial charge in [0, 0.05) is 9.86 Å². The van der Waals surface area contributed by atoms with Crippen LogP contribution in [0.5, 0.6) is 0 Å². The van der Waals surface area contributed by atoms with E-state index in [0.717, 1.165) is 17.3 Å². The van der Waals surface area contributed by atoms with Gasteiger partial charge in [0.1, 0.15) is 0 Å². The quantitative estimate of drug-likeness (QED) is 0.914. The number of carboxylic acids is 1. The molecule has 3 nitrogen and oxygen atoms in total. The number of nitrogens with zero attached hydrogens (tertiary/aromatic N) is 1. The highest BCUT2D eigenvalue weighted by atomic mass is 79.9. The van der Waals surface area contributed by atoms with E-state index in [4.69, 9.17) is 0 Å². The van der Waals surface area contributed by atoms with Crippen LogP contribution in [0.25, 0.3) is 10.9 Å². The Morgan fingerprint density at radius 3 is 2.68 bits per heavy atom. The summed E-state index contributed by atoms with van der Waals surface area (Å²) in [4.78, 5) is 16.0. The van der Waals surface area contributed by atoms with E-state index in [9.17, 15) is 9.90 Å². The number of carbonyl (C=O) groups is 1. The third-order valence-corrected chi connectivity index (χ3v) is 3.90. The van der Waals surface area contributed by atoms with E-state index in [0.29, 0.717) is 28.1 Å². The first-order valence-corrected chi connectivity index (χ1v) is 7.10. The predicted molar refractivity (Wildman–Crippen MR) is 79.6 cm³/mol. The maximum atomic E-state index is 11.5. The Bertz CT molecular complexity index is 623. The summed E-state index contributed by atoms with van der Waals surface area (Å²) >= 11 is 3.42. The van der Waals surface area contributed by atoms with E-state index < -0.39 is 5.97 Å². The number of fused-ring (bicyclic) bond motifs is 1. The highest BCUT2D eigenvalue weighted by Gasteiger charge is 2.18. The van der Waals surface area contributed by atoms with Gasteiger partial charge in [0.15, 0.2) is 0 Å². The van der Waals surface area contributed by atoms with Crippen molar-refractivity contribution in [1.82, 2.24) is 4.98 Å². The van der Waals surface area contributed by atoms with E-state index in [-0.39, 0.29) is 0 Å². The monoisotopic (exact) mass is 321 g/mol. The summed E-state index contributed by atoms with van der Waals surface area (Å²) in [6, 6.07) is 7.58. The van der Waals surface area contributed by atoms with Gasteiger partial charge in [-0.05, 0) is 40.8 Å². The molecule has 0 unspecified atom stereocenters. The van der Waals surface area contributed by atoms with Gasteiger partial charge in [0.25, 0.3) is 0 Å². The molecule has 19 heavy (non-hydrogen) atoms. The first kappa shape index (κ1) is 14.0. The van der Waals surface area contributed by atoms with Crippen LogP contribution in [0.2, 0.25) is 0 Å². The fraction of sp³-hybridized carbons (Fsp3) is 0.333. The molecule has 0 saturated heterocycles. The molecule has 2 aromatic rings. The molecule has 0 aliphatic rings. The highest BCUT2D eigenvalue weighted by molar-refractivity contribution is 9.10. The lowest BCUT2D eigenvalue weighted by Crippen LogP contribution is -2.08. The fourth-order valence-corrected chi connectivity index (χ4v) is 2.78. The van der Waals surface area contributed by atoms with Crippen molar-refractivity contribution in [3.63, 3.8) is 0 Å². The average Bonchev–Trinajstić information content (AvgIpc) is 2.36. The predicted octanol–water partition coefficient (Wildman–Crippen LogP) is 4.28. The maximum Gasteiger partial charge on any atom is 0.338 e. The number of halogens is 1. The number of aromatic nitrogens is 1. The summed E-state index contributed by atoms with van der Waals surface area (Å²) in [5.41, 5.74) is 1.78. The van der Waals surface area contributed by atoms with Crippen molar-refractivity contribution in [3.8, 4) is 0 Å². The minimum Gasteiger partial charge on any atom is -0.478 e. The van der Waals surface area contributed by atoms with Gasteiger partial charge in [0.2, 0.25) is 0 Å². The zero-order valence-corrected chi connectivity index (χ0v) is 12.6. The minimum absolute atomic E-state index is 0.291. The van der Waals surface area contributed by atoms with Crippen molar-refractivity contribution in [2.45, 2.75) is 26.7 Å². The third kappa shape index (κ3) is 2.95. The molecule has 100 valence electrons. The molecule has 0 saturated carbocycles. The number of carboxylic acid groups (broad SMARTS) is 1. The van der Waals surface area contributed by atoms with Gasteiger partial charge in [-0.3, -0.25) is 4.98 Å². The van der Waals surface area contributed by atoms with Crippen LogP contribution in [-0.4, -0.2) is 16.1 Å². The Hall–Kier alpha value is -1.42. The van der Waals surface area contributed by atoms with Crippen LogP contribution >= 0.6 is 15.9 Å². The third-order valence-electron chi connectivity index (χ3n) is 3.08. The standard InChI is InChI=1S/C15H16BrNO2/c1-9(2)7-8-12-13(15(18)19)14(16)10-5-3-4-6-11(10)17-12/h3-6,9H,7-8H2,1-2H3,(H,18,19). The van der Waals surface area contributed by atoms with E-state index in [1.807, 2.05) is 24.3 Å². The molecule has 1 heterocycles. The van der Waals surface area contributed by atoms with Crippen LogP contribution in [0.15, 0.2) is 28.7 Å². The van der Waals surface area contributed by atoms with Crippen LogP contribution in [-0.2, 0) is 6.42 Å². The van der Waals surface area contributed by atoms with Gasteiger partial charge in [-0.25, -0.2) is 4.79 Å². The molecule has 0 aliphatic heterocycles. The summed E-state index contributed by atoms with van der Waals surface area (Å²) in [7, 11) is 0. The Kier molecular flexibility index (Phi) is 4.20. The first-order valence-electron chi connectivity index (χ1n) is 6.31. The Balaban J connectivity index is 2.60. The Morgan fingerprint density at radius 1 is 1.37 bits per heavy atom. The normalized spacial score (nSPS) is 11.2. The van der Waals surface area contributed by atoms with E-state index in [1.165, 1.54) is 0 Å². The number of hydrogen-bond donors (Lipinski definition) is 1. The number of benzene rings is 1. The van der Waals surface area contributed by atoms with Crippen molar-refractivity contribution in [2.24, 2.45) is 5.92 Å². The Morgan fingerprint density at radius 2 is 2.05 bits per heavy atom. The molecule has 0 aliphatic carbocycles. The topological polar surface area (TPSA) is 50.2 Å². The fourth-order valence-electron chi connectivity index (χ4n) is 2.04. The number of aromatic carboxylic acids is 1. The van der Waals surface area contributed by atoms with Gasteiger partial charge in [-0.15, -0.1) is 0 Å². The lowest BCUT2D eigenvalue weighted by Gasteiger charge is -2.11. The molecule has 0 atom stereocenters. The molecule has 1 aromatic heterocycles. The molecule has 0 fully saturated rings. The van der Waals surface area contributed by atoms with Gasteiger partial charge >= 0.3 is 5.97 Å². The van der Waals surface area contributed by atoms with Gasteiger partial charge < -0.3 is 5.11 Å². The summed E-state index contributed by atoms with van der Waals surface area (Å²) in [5, 5.41) is 10.2. The molecule has 1 N–H and O–H groups in total. The molecule has 0 spiro atoms. The molecular formula is C15H16BrNO2. The lowest BCUT2D eigenvalue weighted by atomic mass is 10.0. The minimum atomic E-state index is -0.927. The smallest absolute Gasteiger partial charge is 0.338 e. The average molecular weight is 322 g/mol. The highest BCUT2D eigenvalue weighted by Crippen LogP contribution is 2.29. The van der Waals surface area contributed by atoms with Gasteiger partial charge in [0.05, 0.1) is 16.8 Å². The van der Waals surface area contributed by atoms with Crippen LogP contribution < -0.4 is 0 Å². The number of pyridine rings is 1. The van der Waals surface area contributed by atoms with Crippen LogP contribution in [0.4, 0.5) is 0 Å². The van der Waals surface area contributed by atoms with Crippen molar-refractivity contribution in [2.75, 3.05) is 0 Å². The van der Waals surface area contributed by atoms with Crippen molar-refractivity contribution in [1.29, 1.82) is 0 Å². The van der Waals surface area contributed by atoms with E-state index in [1.54, 1.807) is 0 Å². The number of aryl methyl sites for hydroxylation is 1. The molecular weight excluding hydrogens is 306 g/mol. The second kappa shape index (κ2) is 5.70. The summed E-state index contributed by atoms with van der Waals surface area (Å²) in [5.74, 6) is -0.405. The van der Waals surface area contributed by atoms with Gasteiger partial charge in [-0.1, -0.05) is 32.0 Å². The van der Waals surface area contributed by atoms with Crippen molar-refractivity contribution in [3.05, 3.63) is 40.0 Å². The van der Waals surface area contributed by atoms with Gasteiger partial charge in [-0.2, -0.15) is 0 Å². The largest absolute Gasteiger partial charge is 0.478 e. The van der Waals surface area contributed by atoms with Crippen LogP contribution in [0.1, 0.15) is 36.3 Å². The van der Waals surface area contributed by atoms with E-state index >= 15 is 0 Å². The number of rotatable bonds is 4. The number of para-hydroxylation sites is 1. The maximum absolute atomic E-state index is 11.5. The zero-order chi connectivity index (χ0) is 14.0. The van der Waals surface area contributed by atoms with Crippen molar-refractivity contribution < 1.29 is 9.90 Å². The number of hydrogen-bond acceptors (Lipinski definition) is 2. The first-order chi connectivity index (χ1) is 9.00. The van der Waals surface area contributed by atoms with Crippen LogP contribution in [0, 0.1) is 5.92 Å². The summed E-state index contributed by atoms with van der Waals surface area (Å²) < 4.78 is 0.629. The van der Waals surface area contributed by atoms with E-state index in [2.05, 4.69) is 34.8 Å². The SMILES string of the molecule is CC(C)CCc1nc2ccccc2c(Br)c1C(=O)O. The second-order valence-electron chi connectivity index (χ2n) is 5.00. The Labute approximate surface area is 120 Å². The summed E-state index contributed by atoms with van der Waals surface area (Å²) in [6.45, 7) is 4.24. The summed E-state index contributed by atoms with van der Waals surface area (Å²) in [6.07, 6.45) is 1.61.